The Bertz CT molecular complexity index is 480. The Morgan fingerprint density at radius 2 is 1.83 bits per heavy atom. The second-order valence-corrected chi connectivity index (χ2v) is 6.09. The molecule has 1 aromatic rings. The molecule has 0 heterocycles. The van der Waals surface area contributed by atoms with Gasteiger partial charge >= 0.3 is 0 Å². The second-order valence-electron chi connectivity index (χ2n) is 4.55. The molecule has 0 saturated carbocycles. The number of aliphatic hydroxyl groups excluding tert-OH is 1. The van der Waals surface area contributed by atoms with Gasteiger partial charge in [-0.1, -0.05) is 18.2 Å². The summed E-state index contributed by atoms with van der Waals surface area (Å²) in [5.41, 5.74) is 0.667. The zero-order valence-corrected chi connectivity index (χ0v) is 11.8. The SMILES string of the molecule is Cc1ccccc1S(=O)(=O)OC(C)CCC(C)O. The number of hydrogen-bond donors (Lipinski definition) is 1. The molecule has 2 unspecified atom stereocenters. The van der Waals surface area contributed by atoms with Crippen LogP contribution in [0.25, 0.3) is 0 Å². The van der Waals surface area contributed by atoms with Crippen LogP contribution >= 0.6 is 0 Å². The molecule has 102 valence electrons. The van der Waals surface area contributed by atoms with Crippen LogP contribution in [-0.4, -0.2) is 25.7 Å². The minimum absolute atomic E-state index is 0.203. The lowest BCUT2D eigenvalue weighted by Crippen LogP contribution is -2.18. The summed E-state index contributed by atoms with van der Waals surface area (Å²) < 4.78 is 29.2. The highest BCUT2D eigenvalue weighted by Crippen LogP contribution is 2.19. The Hall–Kier alpha value is -0.910. The number of hydrogen-bond acceptors (Lipinski definition) is 4. The summed E-state index contributed by atoms with van der Waals surface area (Å²) in [6.45, 7) is 5.09. The third kappa shape index (κ3) is 4.40. The van der Waals surface area contributed by atoms with Crippen LogP contribution in [0.15, 0.2) is 29.2 Å². The zero-order chi connectivity index (χ0) is 13.8. The Kier molecular flexibility index (Phi) is 5.31. The molecular weight excluding hydrogens is 252 g/mol. The number of rotatable bonds is 6. The van der Waals surface area contributed by atoms with Crippen LogP contribution in [0.5, 0.6) is 0 Å². The predicted octanol–water partition coefficient (Wildman–Crippen LogP) is 2.25. The first-order valence-corrected chi connectivity index (χ1v) is 7.40. The standard InChI is InChI=1S/C13H20O4S/c1-10-6-4-5-7-13(10)18(15,16)17-12(3)9-8-11(2)14/h4-7,11-12,14H,8-9H2,1-3H3. The molecule has 1 N–H and O–H groups in total. The molecule has 0 aliphatic rings. The van der Waals surface area contributed by atoms with Gasteiger partial charge in [0.15, 0.2) is 0 Å². The number of benzene rings is 1. The topological polar surface area (TPSA) is 63.6 Å². The Morgan fingerprint density at radius 3 is 2.39 bits per heavy atom. The van der Waals surface area contributed by atoms with E-state index in [1.807, 2.05) is 0 Å². The zero-order valence-electron chi connectivity index (χ0n) is 11.0. The van der Waals surface area contributed by atoms with Gasteiger partial charge in [-0.3, -0.25) is 4.18 Å². The fourth-order valence-electron chi connectivity index (χ4n) is 1.63. The van der Waals surface area contributed by atoms with E-state index in [-0.39, 0.29) is 4.90 Å². The van der Waals surface area contributed by atoms with Crippen molar-refractivity contribution in [2.45, 2.75) is 50.7 Å². The fraction of sp³-hybridized carbons (Fsp3) is 0.538. The molecule has 0 aliphatic carbocycles. The molecular formula is C13H20O4S. The average Bonchev–Trinajstić information content (AvgIpc) is 2.26. The summed E-state index contributed by atoms with van der Waals surface area (Å²) in [6.07, 6.45) is 0.133. The molecule has 0 aromatic heterocycles. The summed E-state index contributed by atoms with van der Waals surface area (Å²) in [6, 6.07) is 6.72. The van der Waals surface area contributed by atoms with Crippen molar-refractivity contribution in [1.29, 1.82) is 0 Å². The highest BCUT2D eigenvalue weighted by molar-refractivity contribution is 7.86. The number of aryl methyl sites for hydroxylation is 1. The van der Waals surface area contributed by atoms with Crippen molar-refractivity contribution in [2.24, 2.45) is 0 Å². The first-order valence-electron chi connectivity index (χ1n) is 6.00. The molecule has 0 aliphatic heterocycles. The van der Waals surface area contributed by atoms with Gasteiger partial charge in [0.2, 0.25) is 0 Å². The molecule has 2 atom stereocenters. The molecule has 0 saturated heterocycles. The van der Waals surface area contributed by atoms with E-state index in [9.17, 15) is 8.42 Å². The fourth-order valence-corrected chi connectivity index (χ4v) is 2.97. The first kappa shape index (κ1) is 15.1. The van der Waals surface area contributed by atoms with E-state index in [4.69, 9.17) is 9.29 Å². The van der Waals surface area contributed by atoms with Gasteiger partial charge in [-0.05, 0) is 45.2 Å². The Balaban J connectivity index is 2.74. The summed E-state index contributed by atoms with van der Waals surface area (Å²) >= 11 is 0. The summed E-state index contributed by atoms with van der Waals surface area (Å²) in [7, 11) is -3.72. The van der Waals surface area contributed by atoms with Gasteiger partial charge in [-0.2, -0.15) is 8.42 Å². The van der Waals surface area contributed by atoms with Gasteiger partial charge in [0.1, 0.15) is 0 Å². The van der Waals surface area contributed by atoms with Gasteiger partial charge in [0.05, 0.1) is 17.1 Å². The van der Waals surface area contributed by atoms with Crippen LogP contribution < -0.4 is 0 Å². The summed E-state index contributed by atoms with van der Waals surface area (Å²) in [5.74, 6) is 0. The smallest absolute Gasteiger partial charge is 0.297 e. The quantitative estimate of drug-likeness (QED) is 0.807. The third-order valence-electron chi connectivity index (χ3n) is 2.64. The van der Waals surface area contributed by atoms with Crippen LogP contribution in [-0.2, 0) is 14.3 Å². The van der Waals surface area contributed by atoms with Gasteiger partial charge < -0.3 is 5.11 Å². The van der Waals surface area contributed by atoms with E-state index in [0.717, 1.165) is 0 Å². The van der Waals surface area contributed by atoms with E-state index in [0.29, 0.717) is 18.4 Å². The lowest BCUT2D eigenvalue weighted by molar-refractivity contribution is 0.148. The lowest BCUT2D eigenvalue weighted by Gasteiger charge is -2.14. The molecule has 0 radical (unpaired) electrons. The molecule has 0 fully saturated rings. The van der Waals surface area contributed by atoms with E-state index >= 15 is 0 Å². The molecule has 1 aromatic carbocycles. The van der Waals surface area contributed by atoms with Crippen molar-refractivity contribution in [1.82, 2.24) is 0 Å². The van der Waals surface area contributed by atoms with Crippen LogP contribution in [0.4, 0.5) is 0 Å². The minimum atomic E-state index is -3.72. The highest BCUT2D eigenvalue weighted by Gasteiger charge is 2.20. The maximum atomic E-state index is 12.0. The average molecular weight is 272 g/mol. The highest BCUT2D eigenvalue weighted by atomic mass is 32.2. The molecule has 1 rings (SSSR count). The summed E-state index contributed by atoms with van der Waals surface area (Å²) in [5, 5.41) is 9.16. The maximum absolute atomic E-state index is 12.0. The predicted molar refractivity (Wildman–Crippen MR) is 69.8 cm³/mol. The minimum Gasteiger partial charge on any atom is -0.393 e. The second kappa shape index (κ2) is 6.31. The van der Waals surface area contributed by atoms with Crippen LogP contribution in [0, 0.1) is 6.92 Å². The van der Waals surface area contributed by atoms with Gasteiger partial charge in [0, 0.05) is 0 Å². The van der Waals surface area contributed by atoms with Gasteiger partial charge in [-0.15, -0.1) is 0 Å². The van der Waals surface area contributed by atoms with E-state index in [1.54, 1.807) is 39.0 Å². The monoisotopic (exact) mass is 272 g/mol. The van der Waals surface area contributed by atoms with E-state index < -0.39 is 22.3 Å². The van der Waals surface area contributed by atoms with Crippen LogP contribution in [0.3, 0.4) is 0 Å². The first-order chi connectivity index (χ1) is 8.33. The molecule has 5 heteroatoms. The molecule has 4 nitrogen and oxygen atoms in total. The third-order valence-corrected chi connectivity index (χ3v) is 4.22. The largest absolute Gasteiger partial charge is 0.393 e. The maximum Gasteiger partial charge on any atom is 0.297 e. The van der Waals surface area contributed by atoms with Gasteiger partial charge in [0.25, 0.3) is 10.1 Å². The van der Waals surface area contributed by atoms with Crippen molar-refractivity contribution >= 4 is 10.1 Å². The molecule has 18 heavy (non-hydrogen) atoms. The van der Waals surface area contributed by atoms with Crippen molar-refractivity contribution in [2.75, 3.05) is 0 Å². The van der Waals surface area contributed by atoms with Gasteiger partial charge in [-0.25, -0.2) is 0 Å². The molecule has 0 amide bonds. The Morgan fingerprint density at radius 1 is 1.22 bits per heavy atom. The molecule has 0 bridgehead atoms. The normalized spacial score (nSPS) is 15.3. The van der Waals surface area contributed by atoms with Crippen molar-refractivity contribution in [3.8, 4) is 0 Å². The van der Waals surface area contributed by atoms with Crippen molar-refractivity contribution in [3.63, 3.8) is 0 Å². The molecule has 0 spiro atoms. The van der Waals surface area contributed by atoms with E-state index in [2.05, 4.69) is 0 Å². The van der Waals surface area contributed by atoms with Crippen LogP contribution in [0.1, 0.15) is 32.3 Å². The lowest BCUT2D eigenvalue weighted by atomic mass is 10.1. The van der Waals surface area contributed by atoms with Crippen LogP contribution in [0.2, 0.25) is 0 Å². The summed E-state index contributed by atoms with van der Waals surface area (Å²) in [4.78, 5) is 0.203. The van der Waals surface area contributed by atoms with Crippen molar-refractivity contribution < 1.29 is 17.7 Å². The number of aliphatic hydroxyl groups is 1. The Labute approximate surface area is 109 Å². The van der Waals surface area contributed by atoms with E-state index in [1.165, 1.54) is 6.07 Å². The van der Waals surface area contributed by atoms with Crippen molar-refractivity contribution in [3.05, 3.63) is 29.8 Å².